The highest BCUT2D eigenvalue weighted by molar-refractivity contribution is 9.10. The molecule has 0 saturated carbocycles. The number of pyridine rings is 1. The molecular formula is C13H11BrN2O3. The summed E-state index contributed by atoms with van der Waals surface area (Å²) in [6.45, 7) is 3.74. The fourth-order valence-corrected chi connectivity index (χ4v) is 1.71. The zero-order valence-corrected chi connectivity index (χ0v) is 12.0. The molecule has 0 saturated heterocycles. The number of benzene rings is 1. The van der Waals surface area contributed by atoms with E-state index < -0.39 is 4.92 Å². The zero-order valence-electron chi connectivity index (χ0n) is 10.4. The monoisotopic (exact) mass is 322 g/mol. The van der Waals surface area contributed by atoms with Crippen molar-refractivity contribution in [2.24, 2.45) is 0 Å². The molecule has 1 aromatic heterocycles. The number of hydrogen-bond donors (Lipinski definition) is 0. The SMILES string of the molecule is Cc1cc(Oc2cc([N+](=O)[O-])ccc2C)ncc1Br. The van der Waals surface area contributed by atoms with Crippen LogP contribution in [-0.4, -0.2) is 9.91 Å². The normalized spacial score (nSPS) is 10.3. The molecule has 0 atom stereocenters. The number of rotatable bonds is 3. The van der Waals surface area contributed by atoms with Gasteiger partial charge in [0, 0.05) is 22.8 Å². The summed E-state index contributed by atoms with van der Waals surface area (Å²) >= 11 is 3.35. The average molecular weight is 323 g/mol. The van der Waals surface area contributed by atoms with Crippen molar-refractivity contribution in [2.75, 3.05) is 0 Å². The predicted octanol–water partition coefficient (Wildman–Crippen LogP) is 4.16. The molecule has 0 aliphatic rings. The van der Waals surface area contributed by atoms with Crippen LogP contribution in [0.5, 0.6) is 11.6 Å². The number of nitrogens with zero attached hydrogens (tertiary/aromatic N) is 2. The molecule has 98 valence electrons. The number of non-ortho nitro benzene ring substituents is 1. The molecule has 0 N–H and O–H groups in total. The van der Waals surface area contributed by atoms with E-state index in [9.17, 15) is 10.1 Å². The highest BCUT2D eigenvalue weighted by Crippen LogP contribution is 2.29. The number of nitro benzene ring substituents is 1. The van der Waals surface area contributed by atoms with Crippen LogP contribution in [0.25, 0.3) is 0 Å². The molecule has 0 aliphatic heterocycles. The first-order valence-corrected chi connectivity index (χ1v) is 6.31. The molecule has 5 nitrogen and oxygen atoms in total. The first-order chi connectivity index (χ1) is 8.97. The molecule has 0 amide bonds. The third-order valence-corrected chi connectivity index (χ3v) is 3.45. The van der Waals surface area contributed by atoms with E-state index >= 15 is 0 Å². The molecular weight excluding hydrogens is 312 g/mol. The lowest BCUT2D eigenvalue weighted by molar-refractivity contribution is -0.384. The molecule has 2 aromatic rings. The van der Waals surface area contributed by atoms with Crippen LogP contribution in [-0.2, 0) is 0 Å². The zero-order chi connectivity index (χ0) is 14.0. The van der Waals surface area contributed by atoms with E-state index in [1.165, 1.54) is 12.1 Å². The Morgan fingerprint density at radius 3 is 2.63 bits per heavy atom. The average Bonchev–Trinajstić information content (AvgIpc) is 2.36. The summed E-state index contributed by atoms with van der Waals surface area (Å²) in [7, 11) is 0. The topological polar surface area (TPSA) is 65.3 Å². The predicted molar refractivity (Wildman–Crippen MR) is 74.6 cm³/mol. The molecule has 1 heterocycles. The maximum atomic E-state index is 10.7. The van der Waals surface area contributed by atoms with Crippen molar-refractivity contribution in [3.05, 3.63) is 56.2 Å². The van der Waals surface area contributed by atoms with Crippen molar-refractivity contribution in [3.8, 4) is 11.6 Å². The van der Waals surface area contributed by atoms with Gasteiger partial charge in [-0.1, -0.05) is 0 Å². The highest BCUT2D eigenvalue weighted by atomic mass is 79.9. The van der Waals surface area contributed by atoms with E-state index in [1.807, 2.05) is 13.8 Å². The number of halogens is 1. The lowest BCUT2D eigenvalue weighted by atomic mass is 10.2. The largest absolute Gasteiger partial charge is 0.438 e. The number of aromatic nitrogens is 1. The smallest absolute Gasteiger partial charge is 0.273 e. The minimum Gasteiger partial charge on any atom is -0.438 e. The third kappa shape index (κ3) is 3.08. The molecule has 0 bridgehead atoms. The second kappa shape index (κ2) is 5.36. The van der Waals surface area contributed by atoms with E-state index in [0.717, 1.165) is 15.6 Å². The van der Waals surface area contributed by atoms with Gasteiger partial charge in [0.15, 0.2) is 0 Å². The summed E-state index contributed by atoms with van der Waals surface area (Å²) < 4.78 is 6.48. The van der Waals surface area contributed by atoms with Gasteiger partial charge in [-0.2, -0.15) is 0 Å². The number of ether oxygens (including phenoxy) is 1. The molecule has 0 radical (unpaired) electrons. The van der Waals surface area contributed by atoms with Crippen molar-refractivity contribution >= 4 is 21.6 Å². The van der Waals surface area contributed by atoms with E-state index in [-0.39, 0.29) is 5.69 Å². The van der Waals surface area contributed by atoms with Gasteiger partial charge >= 0.3 is 0 Å². The summed E-state index contributed by atoms with van der Waals surface area (Å²) in [6.07, 6.45) is 1.64. The van der Waals surface area contributed by atoms with Crippen LogP contribution in [0.3, 0.4) is 0 Å². The van der Waals surface area contributed by atoms with Gasteiger partial charge in [-0.05, 0) is 47.0 Å². The van der Waals surface area contributed by atoms with Gasteiger partial charge in [0.05, 0.1) is 11.0 Å². The van der Waals surface area contributed by atoms with E-state index in [0.29, 0.717) is 11.6 Å². The quantitative estimate of drug-likeness (QED) is 0.628. The second-order valence-electron chi connectivity index (χ2n) is 4.08. The van der Waals surface area contributed by atoms with E-state index in [1.54, 1.807) is 18.3 Å². The van der Waals surface area contributed by atoms with Crippen LogP contribution >= 0.6 is 15.9 Å². The molecule has 0 unspecified atom stereocenters. The number of aryl methyl sites for hydroxylation is 2. The Bertz CT molecular complexity index is 644. The van der Waals surface area contributed by atoms with Gasteiger partial charge in [-0.15, -0.1) is 0 Å². The highest BCUT2D eigenvalue weighted by Gasteiger charge is 2.11. The maximum Gasteiger partial charge on any atom is 0.273 e. The summed E-state index contributed by atoms with van der Waals surface area (Å²) in [5, 5.41) is 10.7. The molecule has 19 heavy (non-hydrogen) atoms. The van der Waals surface area contributed by atoms with Crippen molar-refractivity contribution in [3.63, 3.8) is 0 Å². The minimum absolute atomic E-state index is 0.00515. The molecule has 2 rings (SSSR count). The Morgan fingerprint density at radius 1 is 1.26 bits per heavy atom. The fraction of sp³-hybridized carbons (Fsp3) is 0.154. The van der Waals surface area contributed by atoms with Crippen LogP contribution < -0.4 is 4.74 Å². The molecule has 0 aliphatic carbocycles. The first kappa shape index (κ1) is 13.5. The maximum absolute atomic E-state index is 10.7. The van der Waals surface area contributed by atoms with Gasteiger partial charge in [-0.25, -0.2) is 4.98 Å². The standard InChI is InChI=1S/C13H11BrN2O3/c1-8-3-4-10(16(17)18)6-12(8)19-13-5-9(2)11(14)7-15-13/h3-7H,1-2H3. The Kier molecular flexibility index (Phi) is 3.80. The Labute approximate surface area is 118 Å². The van der Waals surface area contributed by atoms with Crippen molar-refractivity contribution in [1.29, 1.82) is 0 Å². The Morgan fingerprint density at radius 2 is 2.00 bits per heavy atom. The first-order valence-electron chi connectivity index (χ1n) is 5.52. The molecule has 1 aromatic carbocycles. The van der Waals surface area contributed by atoms with Crippen molar-refractivity contribution < 1.29 is 9.66 Å². The minimum atomic E-state index is -0.452. The molecule has 6 heteroatoms. The molecule has 0 spiro atoms. The lowest BCUT2D eigenvalue weighted by Crippen LogP contribution is -1.94. The van der Waals surface area contributed by atoms with Crippen LogP contribution in [0.2, 0.25) is 0 Å². The van der Waals surface area contributed by atoms with Crippen LogP contribution in [0.1, 0.15) is 11.1 Å². The van der Waals surface area contributed by atoms with Gasteiger partial charge in [0.1, 0.15) is 5.75 Å². The summed E-state index contributed by atoms with van der Waals surface area (Å²) in [6, 6.07) is 6.26. The fourth-order valence-electron chi connectivity index (χ4n) is 1.49. The third-order valence-electron chi connectivity index (χ3n) is 2.62. The Balaban J connectivity index is 2.34. The van der Waals surface area contributed by atoms with E-state index in [2.05, 4.69) is 20.9 Å². The lowest BCUT2D eigenvalue weighted by Gasteiger charge is -2.08. The number of nitro groups is 1. The van der Waals surface area contributed by atoms with Crippen LogP contribution in [0.15, 0.2) is 34.9 Å². The Hall–Kier alpha value is -1.95. The van der Waals surface area contributed by atoms with Crippen LogP contribution in [0, 0.1) is 24.0 Å². The van der Waals surface area contributed by atoms with Gasteiger partial charge in [-0.3, -0.25) is 10.1 Å². The molecule has 0 fully saturated rings. The van der Waals surface area contributed by atoms with Crippen molar-refractivity contribution in [2.45, 2.75) is 13.8 Å². The summed E-state index contributed by atoms with van der Waals surface area (Å²) in [5.41, 5.74) is 1.79. The number of hydrogen-bond acceptors (Lipinski definition) is 4. The van der Waals surface area contributed by atoms with Gasteiger partial charge in [0.25, 0.3) is 5.69 Å². The van der Waals surface area contributed by atoms with Gasteiger partial charge < -0.3 is 4.74 Å². The van der Waals surface area contributed by atoms with Crippen LogP contribution in [0.4, 0.5) is 5.69 Å². The van der Waals surface area contributed by atoms with E-state index in [4.69, 9.17) is 4.74 Å². The van der Waals surface area contributed by atoms with Crippen molar-refractivity contribution in [1.82, 2.24) is 4.98 Å². The summed E-state index contributed by atoms with van der Waals surface area (Å²) in [5.74, 6) is 0.840. The van der Waals surface area contributed by atoms with Gasteiger partial charge in [0.2, 0.25) is 5.88 Å². The second-order valence-corrected chi connectivity index (χ2v) is 4.94. The summed E-state index contributed by atoms with van der Waals surface area (Å²) in [4.78, 5) is 14.4.